The highest BCUT2D eigenvalue weighted by Gasteiger charge is 2.11. The van der Waals surface area contributed by atoms with E-state index >= 15 is 0 Å². The molecule has 15 heavy (non-hydrogen) atoms. The van der Waals surface area contributed by atoms with Crippen LogP contribution in [-0.2, 0) is 4.74 Å². The van der Waals surface area contributed by atoms with E-state index < -0.39 is 0 Å². The number of amides is 1. The molecule has 0 atom stereocenters. The number of nitrogens with zero attached hydrogens (tertiary/aromatic N) is 1. The van der Waals surface area contributed by atoms with Crippen molar-refractivity contribution >= 4 is 6.09 Å². The minimum Gasteiger partial charge on any atom is -0.449 e. The van der Waals surface area contributed by atoms with Crippen LogP contribution in [0.5, 0.6) is 0 Å². The molecule has 1 saturated heterocycles. The predicted octanol–water partition coefficient (Wildman–Crippen LogP) is 1.46. The van der Waals surface area contributed by atoms with Gasteiger partial charge in [0, 0.05) is 13.1 Å². The van der Waals surface area contributed by atoms with Gasteiger partial charge in [-0.3, -0.25) is 0 Å². The maximum atomic E-state index is 11.2. The second-order valence-electron chi connectivity index (χ2n) is 4.47. The van der Waals surface area contributed by atoms with Gasteiger partial charge in [-0.05, 0) is 31.8 Å². The SMILES string of the molecule is CC(C)COC(=O)NCCN1CCCC1. The molecule has 1 rings (SSSR count). The van der Waals surface area contributed by atoms with Gasteiger partial charge in [-0.25, -0.2) is 4.79 Å². The van der Waals surface area contributed by atoms with Crippen LogP contribution in [0.1, 0.15) is 26.7 Å². The molecule has 1 aliphatic rings. The molecule has 0 unspecified atom stereocenters. The van der Waals surface area contributed by atoms with Gasteiger partial charge in [-0.2, -0.15) is 0 Å². The van der Waals surface area contributed by atoms with Crippen LogP contribution >= 0.6 is 0 Å². The number of hydrogen-bond donors (Lipinski definition) is 1. The summed E-state index contributed by atoms with van der Waals surface area (Å²) in [7, 11) is 0. The third kappa shape index (κ3) is 5.62. The topological polar surface area (TPSA) is 41.6 Å². The van der Waals surface area contributed by atoms with Gasteiger partial charge in [0.25, 0.3) is 0 Å². The van der Waals surface area contributed by atoms with Crippen molar-refractivity contribution in [2.24, 2.45) is 5.92 Å². The lowest BCUT2D eigenvalue weighted by Crippen LogP contribution is -2.34. The van der Waals surface area contributed by atoms with Crippen molar-refractivity contribution in [3.8, 4) is 0 Å². The highest BCUT2D eigenvalue weighted by molar-refractivity contribution is 5.67. The van der Waals surface area contributed by atoms with Gasteiger partial charge in [0.15, 0.2) is 0 Å². The zero-order valence-electron chi connectivity index (χ0n) is 9.79. The van der Waals surface area contributed by atoms with Gasteiger partial charge < -0.3 is 15.0 Å². The fraction of sp³-hybridized carbons (Fsp3) is 0.909. The molecule has 0 aliphatic carbocycles. The van der Waals surface area contributed by atoms with Crippen molar-refractivity contribution < 1.29 is 9.53 Å². The molecule has 0 radical (unpaired) electrons. The summed E-state index contributed by atoms with van der Waals surface area (Å²) in [4.78, 5) is 13.5. The van der Waals surface area contributed by atoms with Crippen LogP contribution in [0, 0.1) is 5.92 Å². The number of alkyl carbamates (subject to hydrolysis) is 1. The zero-order chi connectivity index (χ0) is 11.1. The lowest BCUT2D eigenvalue weighted by molar-refractivity contribution is 0.132. The van der Waals surface area contributed by atoms with Crippen LogP contribution in [0.4, 0.5) is 4.79 Å². The molecule has 4 nitrogen and oxygen atoms in total. The number of likely N-dealkylation sites (tertiary alicyclic amines) is 1. The molecule has 4 heteroatoms. The van der Waals surface area contributed by atoms with Gasteiger partial charge >= 0.3 is 6.09 Å². The molecule has 0 spiro atoms. The monoisotopic (exact) mass is 214 g/mol. The van der Waals surface area contributed by atoms with Crippen LogP contribution in [-0.4, -0.2) is 43.8 Å². The number of rotatable bonds is 5. The Morgan fingerprint density at radius 1 is 1.40 bits per heavy atom. The predicted molar refractivity (Wildman–Crippen MR) is 59.9 cm³/mol. The van der Waals surface area contributed by atoms with E-state index in [1.165, 1.54) is 25.9 Å². The molecule has 1 heterocycles. The summed E-state index contributed by atoms with van der Waals surface area (Å²) in [6.45, 7) is 8.52. The molecule has 0 aromatic carbocycles. The standard InChI is InChI=1S/C11H22N2O2/c1-10(2)9-15-11(14)12-5-8-13-6-3-4-7-13/h10H,3-9H2,1-2H3,(H,12,14). The van der Waals surface area contributed by atoms with Gasteiger partial charge in [0.05, 0.1) is 6.61 Å². The largest absolute Gasteiger partial charge is 0.449 e. The maximum absolute atomic E-state index is 11.2. The fourth-order valence-electron chi connectivity index (χ4n) is 1.62. The van der Waals surface area contributed by atoms with E-state index in [-0.39, 0.29) is 6.09 Å². The molecule has 1 N–H and O–H groups in total. The quantitative estimate of drug-likeness (QED) is 0.753. The summed E-state index contributed by atoms with van der Waals surface area (Å²) in [6.07, 6.45) is 2.29. The minimum absolute atomic E-state index is 0.289. The van der Waals surface area contributed by atoms with Gasteiger partial charge in [0.1, 0.15) is 0 Å². The van der Waals surface area contributed by atoms with Crippen molar-refractivity contribution in [1.82, 2.24) is 10.2 Å². The third-order valence-corrected chi connectivity index (χ3v) is 2.44. The molecule has 0 aromatic heterocycles. The van der Waals surface area contributed by atoms with E-state index in [1.807, 2.05) is 13.8 Å². The highest BCUT2D eigenvalue weighted by Crippen LogP contribution is 2.05. The Morgan fingerprint density at radius 3 is 2.67 bits per heavy atom. The van der Waals surface area contributed by atoms with Crippen molar-refractivity contribution in [2.75, 3.05) is 32.8 Å². The molecule has 0 aromatic rings. The van der Waals surface area contributed by atoms with E-state index in [1.54, 1.807) is 0 Å². The Bertz CT molecular complexity index is 189. The van der Waals surface area contributed by atoms with Gasteiger partial charge in [-0.1, -0.05) is 13.8 Å². The molecular formula is C11H22N2O2. The normalized spacial score (nSPS) is 17.0. The summed E-state index contributed by atoms with van der Waals surface area (Å²) in [5.74, 6) is 0.398. The van der Waals surface area contributed by atoms with Crippen molar-refractivity contribution in [3.05, 3.63) is 0 Å². The smallest absolute Gasteiger partial charge is 0.407 e. The first-order valence-corrected chi connectivity index (χ1v) is 5.81. The summed E-state index contributed by atoms with van der Waals surface area (Å²) in [5.41, 5.74) is 0. The lowest BCUT2D eigenvalue weighted by atomic mass is 10.2. The van der Waals surface area contributed by atoms with Crippen LogP contribution in [0.3, 0.4) is 0 Å². The van der Waals surface area contributed by atoms with E-state index in [4.69, 9.17) is 4.74 Å². The molecule has 1 aliphatic heterocycles. The average Bonchev–Trinajstić information content (AvgIpc) is 2.67. The number of carbonyl (C=O) groups excluding carboxylic acids is 1. The second kappa shape index (κ2) is 6.67. The molecule has 1 amide bonds. The van der Waals surface area contributed by atoms with Crippen molar-refractivity contribution in [3.63, 3.8) is 0 Å². The summed E-state index contributed by atoms with van der Waals surface area (Å²) in [6, 6.07) is 0. The minimum atomic E-state index is -0.289. The van der Waals surface area contributed by atoms with Gasteiger partial charge in [0.2, 0.25) is 0 Å². The third-order valence-electron chi connectivity index (χ3n) is 2.44. The molecule has 0 bridgehead atoms. The van der Waals surface area contributed by atoms with Crippen molar-refractivity contribution in [2.45, 2.75) is 26.7 Å². The van der Waals surface area contributed by atoms with Crippen LogP contribution < -0.4 is 5.32 Å². The van der Waals surface area contributed by atoms with E-state index in [0.717, 1.165) is 6.54 Å². The molecule has 88 valence electrons. The maximum Gasteiger partial charge on any atom is 0.407 e. The van der Waals surface area contributed by atoms with Gasteiger partial charge in [-0.15, -0.1) is 0 Å². The van der Waals surface area contributed by atoms with Crippen LogP contribution in [0.15, 0.2) is 0 Å². The lowest BCUT2D eigenvalue weighted by Gasteiger charge is -2.14. The first-order valence-electron chi connectivity index (χ1n) is 5.81. The summed E-state index contributed by atoms with van der Waals surface area (Å²) in [5, 5.41) is 2.76. The van der Waals surface area contributed by atoms with Crippen molar-refractivity contribution in [1.29, 1.82) is 0 Å². The van der Waals surface area contributed by atoms with E-state index in [9.17, 15) is 4.79 Å². The average molecular weight is 214 g/mol. The Morgan fingerprint density at radius 2 is 2.07 bits per heavy atom. The summed E-state index contributed by atoms with van der Waals surface area (Å²) >= 11 is 0. The Labute approximate surface area is 92.0 Å². The number of nitrogens with one attached hydrogen (secondary N) is 1. The van der Waals surface area contributed by atoms with Crippen LogP contribution in [0.25, 0.3) is 0 Å². The Balaban J connectivity index is 1.96. The molecule has 1 fully saturated rings. The van der Waals surface area contributed by atoms with E-state index in [0.29, 0.717) is 19.1 Å². The molecule has 0 saturated carbocycles. The highest BCUT2D eigenvalue weighted by atomic mass is 16.5. The summed E-state index contributed by atoms with van der Waals surface area (Å²) < 4.78 is 5.00. The van der Waals surface area contributed by atoms with E-state index in [2.05, 4.69) is 10.2 Å². The molecular weight excluding hydrogens is 192 g/mol. The number of carbonyl (C=O) groups is 1. The van der Waals surface area contributed by atoms with Crippen LogP contribution in [0.2, 0.25) is 0 Å². The Kier molecular flexibility index (Phi) is 5.47. The number of hydrogen-bond acceptors (Lipinski definition) is 3. The zero-order valence-corrected chi connectivity index (χ0v) is 9.79. The fourth-order valence-corrected chi connectivity index (χ4v) is 1.62. The first kappa shape index (κ1) is 12.3. The number of ether oxygens (including phenoxy) is 1. The second-order valence-corrected chi connectivity index (χ2v) is 4.47. The first-order chi connectivity index (χ1) is 7.18. The Hall–Kier alpha value is -0.770.